The van der Waals surface area contributed by atoms with Gasteiger partial charge in [-0.1, -0.05) is 10.4 Å². The molecule has 3 heterocycles. The van der Waals surface area contributed by atoms with E-state index in [9.17, 15) is 0 Å². The lowest BCUT2D eigenvalue weighted by atomic mass is 10.4. The van der Waals surface area contributed by atoms with E-state index in [2.05, 4.69) is 30.4 Å². The molecule has 0 radical (unpaired) electrons. The van der Waals surface area contributed by atoms with Crippen LogP contribution in [-0.2, 0) is 13.1 Å². The average molecular weight is 272 g/mol. The fourth-order valence-electron chi connectivity index (χ4n) is 1.65. The molecule has 0 saturated carbocycles. The largest absolute Gasteiger partial charge is 0.337 e. The number of aromatic nitrogens is 7. The molecule has 20 heavy (non-hydrogen) atoms. The van der Waals surface area contributed by atoms with Gasteiger partial charge in [0.15, 0.2) is 0 Å². The van der Waals surface area contributed by atoms with Gasteiger partial charge in [0, 0.05) is 12.7 Å². The molecule has 0 amide bonds. The predicted octanol–water partition coefficient (Wildman–Crippen LogP) is -0.0665. The molecule has 2 N–H and O–H groups in total. The van der Waals surface area contributed by atoms with Crippen LogP contribution < -0.4 is 5.73 Å². The number of hydrogen-bond acceptors (Lipinski definition) is 8. The second kappa shape index (κ2) is 5.13. The lowest BCUT2D eigenvalue weighted by Gasteiger charge is -1.94. The average Bonchev–Trinajstić information content (AvgIpc) is 3.08. The summed E-state index contributed by atoms with van der Waals surface area (Å²) in [5, 5.41) is 11.7. The zero-order valence-corrected chi connectivity index (χ0v) is 10.8. The van der Waals surface area contributed by atoms with Crippen molar-refractivity contribution in [1.82, 2.24) is 35.1 Å². The summed E-state index contributed by atoms with van der Waals surface area (Å²) in [5.41, 5.74) is 6.79. The summed E-state index contributed by atoms with van der Waals surface area (Å²) in [5.74, 6) is 1.49. The fourth-order valence-corrected chi connectivity index (χ4v) is 1.65. The molecule has 0 aromatic carbocycles. The van der Waals surface area contributed by atoms with Gasteiger partial charge in [0.1, 0.15) is 18.1 Å². The second-order valence-corrected chi connectivity index (χ2v) is 4.11. The van der Waals surface area contributed by atoms with Crippen LogP contribution in [0, 0.1) is 6.92 Å². The van der Waals surface area contributed by atoms with Gasteiger partial charge in [-0.2, -0.15) is 4.98 Å². The smallest absolute Gasteiger partial charge is 0.248 e. The Bertz CT molecular complexity index is 719. The van der Waals surface area contributed by atoms with Crippen LogP contribution in [0.3, 0.4) is 0 Å². The second-order valence-electron chi connectivity index (χ2n) is 4.11. The van der Waals surface area contributed by atoms with E-state index in [0.717, 1.165) is 0 Å². The molecule has 0 aliphatic heterocycles. The number of nitrogens with two attached hydrogens (primary N) is 1. The molecule has 0 aliphatic carbocycles. The van der Waals surface area contributed by atoms with Gasteiger partial charge in [-0.15, -0.1) is 5.10 Å². The first-order valence-corrected chi connectivity index (χ1v) is 5.96. The normalized spacial score (nSPS) is 10.9. The van der Waals surface area contributed by atoms with Crippen LogP contribution >= 0.6 is 0 Å². The Morgan fingerprint density at radius 3 is 3.00 bits per heavy atom. The molecule has 9 nitrogen and oxygen atoms in total. The Kier molecular flexibility index (Phi) is 3.17. The number of aryl methyl sites for hydroxylation is 1. The van der Waals surface area contributed by atoms with Crippen LogP contribution in [0.2, 0.25) is 0 Å². The number of rotatable bonds is 4. The minimum absolute atomic E-state index is 0.337. The molecule has 3 aromatic rings. The molecule has 3 rings (SSSR count). The van der Waals surface area contributed by atoms with E-state index in [1.165, 1.54) is 0 Å². The number of nitrogens with zero attached hydrogens (tertiary/aromatic N) is 7. The molecule has 0 fully saturated rings. The van der Waals surface area contributed by atoms with Crippen molar-refractivity contribution < 1.29 is 4.52 Å². The highest BCUT2D eigenvalue weighted by molar-refractivity contribution is 5.46. The lowest BCUT2D eigenvalue weighted by Crippen LogP contribution is -2.01. The maximum absolute atomic E-state index is 5.47. The van der Waals surface area contributed by atoms with Crippen LogP contribution in [0.15, 0.2) is 23.0 Å². The minimum Gasteiger partial charge on any atom is -0.337 e. The van der Waals surface area contributed by atoms with E-state index in [4.69, 9.17) is 10.3 Å². The molecule has 3 aromatic heterocycles. The molecular weight excluding hydrogens is 260 g/mol. The van der Waals surface area contributed by atoms with E-state index >= 15 is 0 Å². The predicted molar refractivity (Wildman–Crippen MR) is 67.1 cm³/mol. The zero-order chi connectivity index (χ0) is 13.9. The van der Waals surface area contributed by atoms with Crippen molar-refractivity contribution in [3.63, 3.8) is 0 Å². The summed E-state index contributed by atoms with van der Waals surface area (Å²) in [6, 6.07) is 1.73. The molecule has 0 bridgehead atoms. The molecule has 0 aliphatic rings. The maximum atomic E-state index is 5.47. The van der Waals surface area contributed by atoms with Gasteiger partial charge in [-0.25, -0.2) is 14.6 Å². The lowest BCUT2D eigenvalue weighted by molar-refractivity contribution is 0.364. The number of hydrogen-bond donors (Lipinski definition) is 1. The van der Waals surface area contributed by atoms with Crippen molar-refractivity contribution in [2.75, 3.05) is 0 Å². The topological polar surface area (TPSA) is 121 Å². The van der Waals surface area contributed by atoms with Gasteiger partial charge >= 0.3 is 0 Å². The molecule has 0 atom stereocenters. The summed E-state index contributed by atoms with van der Waals surface area (Å²) in [7, 11) is 0. The van der Waals surface area contributed by atoms with Crippen molar-refractivity contribution in [3.8, 4) is 11.5 Å². The highest BCUT2D eigenvalue weighted by Crippen LogP contribution is 2.12. The van der Waals surface area contributed by atoms with Crippen LogP contribution in [-0.4, -0.2) is 35.1 Å². The van der Waals surface area contributed by atoms with Gasteiger partial charge in [-0.05, 0) is 13.0 Å². The van der Waals surface area contributed by atoms with E-state index in [0.29, 0.717) is 42.0 Å². The zero-order valence-electron chi connectivity index (χ0n) is 10.8. The van der Waals surface area contributed by atoms with Crippen molar-refractivity contribution in [2.45, 2.75) is 20.0 Å². The van der Waals surface area contributed by atoms with Crippen LogP contribution in [0.5, 0.6) is 0 Å². The molecule has 102 valence electrons. The van der Waals surface area contributed by atoms with Crippen LogP contribution in [0.1, 0.15) is 17.4 Å². The van der Waals surface area contributed by atoms with Gasteiger partial charge < -0.3 is 10.3 Å². The van der Waals surface area contributed by atoms with Crippen LogP contribution in [0.25, 0.3) is 11.5 Å². The Balaban J connectivity index is 1.80. The van der Waals surface area contributed by atoms with Crippen molar-refractivity contribution >= 4 is 0 Å². The molecule has 9 heteroatoms. The highest BCUT2D eigenvalue weighted by Gasteiger charge is 2.11. The van der Waals surface area contributed by atoms with Gasteiger partial charge in [-0.3, -0.25) is 0 Å². The quantitative estimate of drug-likeness (QED) is 0.700. The Labute approximate surface area is 113 Å². The van der Waals surface area contributed by atoms with E-state index in [-0.39, 0.29) is 0 Å². The van der Waals surface area contributed by atoms with Crippen molar-refractivity contribution in [1.29, 1.82) is 0 Å². The molecular formula is C11H12N8O. The third kappa shape index (κ3) is 2.52. The van der Waals surface area contributed by atoms with Crippen LogP contribution in [0.4, 0.5) is 0 Å². The SMILES string of the molecule is Cc1nccc(-c2noc(Cn3cc(CN)nn3)n2)n1. The summed E-state index contributed by atoms with van der Waals surface area (Å²) < 4.78 is 6.75. The van der Waals surface area contributed by atoms with Crippen molar-refractivity contribution in [3.05, 3.63) is 35.9 Å². The fraction of sp³-hybridized carbons (Fsp3) is 0.273. The van der Waals surface area contributed by atoms with E-state index in [1.807, 2.05) is 0 Å². The van der Waals surface area contributed by atoms with E-state index in [1.54, 1.807) is 30.1 Å². The molecule has 0 unspecified atom stereocenters. The Morgan fingerprint density at radius 1 is 1.35 bits per heavy atom. The molecule has 0 spiro atoms. The first-order valence-electron chi connectivity index (χ1n) is 5.96. The first-order chi connectivity index (χ1) is 9.74. The highest BCUT2D eigenvalue weighted by atomic mass is 16.5. The molecule has 0 saturated heterocycles. The standard InChI is InChI=1S/C11H12N8O/c1-7-13-3-2-9(14-7)11-15-10(20-17-11)6-19-5-8(4-12)16-18-19/h2-3,5H,4,6,12H2,1H3. The Hall–Kier alpha value is -2.68. The van der Waals surface area contributed by atoms with Gasteiger partial charge in [0.2, 0.25) is 11.7 Å². The summed E-state index contributed by atoms with van der Waals surface area (Å²) in [6.45, 7) is 2.48. The third-order valence-electron chi connectivity index (χ3n) is 2.57. The van der Waals surface area contributed by atoms with Crippen molar-refractivity contribution in [2.24, 2.45) is 5.73 Å². The van der Waals surface area contributed by atoms with Gasteiger partial charge in [0.05, 0.1) is 11.9 Å². The van der Waals surface area contributed by atoms with Gasteiger partial charge in [0.25, 0.3) is 0 Å². The maximum Gasteiger partial charge on any atom is 0.248 e. The summed E-state index contributed by atoms with van der Waals surface area (Å²) >= 11 is 0. The summed E-state index contributed by atoms with van der Waals surface area (Å²) in [4.78, 5) is 12.5. The monoisotopic (exact) mass is 272 g/mol. The third-order valence-corrected chi connectivity index (χ3v) is 2.57. The van der Waals surface area contributed by atoms with E-state index < -0.39 is 0 Å². The summed E-state index contributed by atoms with van der Waals surface area (Å²) in [6.07, 6.45) is 3.39. The first kappa shape index (κ1) is 12.4. The minimum atomic E-state index is 0.337. The Morgan fingerprint density at radius 2 is 2.25 bits per heavy atom.